The monoisotopic (exact) mass is 364 g/mol. The van der Waals surface area contributed by atoms with Gasteiger partial charge in [0.15, 0.2) is 19.3 Å². The standard InChI is InChI=1S/C17H16O7S/c1-3-12-22-16(18)11-10-15(17(19)23-13-4-2)24-25(20,21)14-8-6-5-7-9-14/h1-2,5-9,15H,10-13H2. The van der Waals surface area contributed by atoms with Crippen molar-refractivity contribution >= 4 is 22.1 Å². The van der Waals surface area contributed by atoms with E-state index in [0.29, 0.717) is 0 Å². The van der Waals surface area contributed by atoms with Gasteiger partial charge in [-0.2, -0.15) is 8.42 Å². The Bertz CT molecular complexity index is 769. The van der Waals surface area contributed by atoms with Crippen LogP contribution in [0.25, 0.3) is 0 Å². The van der Waals surface area contributed by atoms with E-state index in [1.54, 1.807) is 6.07 Å². The van der Waals surface area contributed by atoms with E-state index in [0.717, 1.165) is 0 Å². The molecule has 0 bridgehead atoms. The largest absolute Gasteiger partial charge is 0.452 e. The van der Waals surface area contributed by atoms with E-state index in [2.05, 4.69) is 16.6 Å². The van der Waals surface area contributed by atoms with Gasteiger partial charge in [0.05, 0.1) is 4.90 Å². The molecule has 1 atom stereocenters. The lowest BCUT2D eigenvalue weighted by molar-refractivity contribution is -0.151. The van der Waals surface area contributed by atoms with Gasteiger partial charge in [-0.1, -0.05) is 30.0 Å². The first-order valence-corrected chi connectivity index (χ1v) is 8.49. The first kappa shape index (κ1) is 20.2. The van der Waals surface area contributed by atoms with Gasteiger partial charge in [-0.25, -0.2) is 4.79 Å². The zero-order chi connectivity index (χ0) is 18.7. The minimum absolute atomic E-state index is 0.139. The predicted octanol–water partition coefficient (Wildman–Crippen LogP) is 0.894. The van der Waals surface area contributed by atoms with Crippen LogP contribution in [0.4, 0.5) is 0 Å². The highest BCUT2D eigenvalue weighted by molar-refractivity contribution is 7.86. The van der Waals surface area contributed by atoms with Crippen LogP contribution in [-0.2, 0) is 33.4 Å². The van der Waals surface area contributed by atoms with Crippen molar-refractivity contribution in [3.8, 4) is 24.7 Å². The highest BCUT2D eigenvalue weighted by Crippen LogP contribution is 2.17. The molecule has 0 saturated carbocycles. The van der Waals surface area contributed by atoms with Gasteiger partial charge in [0, 0.05) is 6.42 Å². The van der Waals surface area contributed by atoms with Gasteiger partial charge in [-0.3, -0.25) is 8.98 Å². The Kier molecular flexibility index (Phi) is 8.21. The second kappa shape index (κ2) is 10.1. The maximum absolute atomic E-state index is 12.2. The molecule has 132 valence electrons. The van der Waals surface area contributed by atoms with Crippen LogP contribution >= 0.6 is 0 Å². The number of ether oxygens (including phenoxy) is 2. The molecule has 0 aromatic heterocycles. The quantitative estimate of drug-likeness (QED) is 0.365. The van der Waals surface area contributed by atoms with E-state index >= 15 is 0 Å². The number of rotatable bonds is 9. The second-order valence-electron chi connectivity index (χ2n) is 4.57. The Labute approximate surface area is 146 Å². The van der Waals surface area contributed by atoms with E-state index < -0.39 is 28.2 Å². The van der Waals surface area contributed by atoms with E-state index in [-0.39, 0.29) is 31.0 Å². The van der Waals surface area contributed by atoms with Crippen molar-refractivity contribution in [2.75, 3.05) is 13.2 Å². The van der Waals surface area contributed by atoms with Crippen molar-refractivity contribution in [1.82, 2.24) is 0 Å². The molecule has 0 radical (unpaired) electrons. The third-order valence-electron chi connectivity index (χ3n) is 2.76. The molecule has 1 aromatic carbocycles. The van der Waals surface area contributed by atoms with Gasteiger partial charge in [0.2, 0.25) is 0 Å². The lowest BCUT2D eigenvalue weighted by Crippen LogP contribution is -2.30. The van der Waals surface area contributed by atoms with Crippen LogP contribution in [0.2, 0.25) is 0 Å². The van der Waals surface area contributed by atoms with Crippen LogP contribution in [0.15, 0.2) is 35.2 Å². The Hall–Kier alpha value is -2.81. The number of benzene rings is 1. The van der Waals surface area contributed by atoms with E-state index in [9.17, 15) is 18.0 Å². The lowest BCUT2D eigenvalue weighted by atomic mass is 10.2. The second-order valence-corrected chi connectivity index (χ2v) is 6.14. The molecule has 0 aliphatic carbocycles. The summed E-state index contributed by atoms with van der Waals surface area (Å²) in [5.41, 5.74) is 0. The summed E-state index contributed by atoms with van der Waals surface area (Å²) in [6.45, 7) is -0.584. The summed E-state index contributed by atoms with van der Waals surface area (Å²) in [5, 5.41) is 0. The van der Waals surface area contributed by atoms with Crippen molar-refractivity contribution in [2.45, 2.75) is 23.8 Å². The third kappa shape index (κ3) is 7.08. The maximum Gasteiger partial charge on any atom is 0.337 e. The fourth-order valence-corrected chi connectivity index (χ4v) is 2.73. The Morgan fingerprint density at radius 2 is 1.64 bits per heavy atom. The summed E-state index contributed by atoms with van der Waals surface area (Å²) in [7, 11) is -4.23. The van der Waals surface area contributed by atoms with Crippen LogP contribution in [0.5, 0.6) is 0 Å². The van der Waals surface area contributed by atoms with E-state index in [4.69, 9.17) is 21.8 Å². The highest BCUT2D eigenvalue weighted by Gasteiger charge is 2.29. The third-order valence-corrected chi connectivity index (χ3v) is 4.10. The van der Waals surface area contributed by atoms with E-state index in [1.165, 1.54) is 24.3 Å². The first-order chi connectivity index (χ1) is 11.9. The van der Waals surface area contributed by atoms with Crippen LogP contribution in [-0.4, -0.2) is 39.7 Å². The normalized spacial score (nSPS) is 11.6. The average molecular weight is 364 g/mol. The molecular weight excluding hydrogens is 348 g/mol. The van der Waals surface area contributed by atoms with Gasteiger partial charge in [-0.05, 0) is 18.6 Å². The molecule has 0 spiro atoms. The molecule has 0 fully saturated rings. The summed E-state index contributed by atoms with van der Waals surface area (Å²) < 4.78 is 38.7. The minimum atomic E-state index is -4.23. The average Bonchev–Trinajstić information content (AvgIpc) is 2.62. The molecule has 0 aliphatic heterocycles. The van der Waals surface area contributed by atoms with Crippen molar-refractivity contribution in [1.29, 1.82) is 0 Å². The van der Waals surface area contributed by atoms with Gasteiger partial charge in [0.1, 0.15) is 0 Å². The summed E-state index contributed by atoms with van der Waals surface area (Å²) in [4.78, 5) is 23.3. The molecule has 0 heterocycles. The Balaban J connectivity index is 2.84. The van der Waals surface area contributed by atoms with Gasteiger partial charge < -0.3 is 9.47 Å². The molecule has 0 aliphatic rings. The van der Waals surface area contributed by atoms with Gasteiger partial charge in [-0.15, -0.1) is 12.8 Å². The first-order valence-electron chi connectivity index (χ1n) is 7.08. The van der Waals surface area contributed by atoms with Crippen molar-refractivity contribution < 1.29 is 31.7 Å². The molecule has 0 amide bonds. The van der Waals surface area contributed by atoms with Gasteiger partial charge >= 0.3 is 11.9 Å². The SMILES string of the molecule is C#CCOC(=O)CCC(OS(=O)(=O)c1ccccc1)C(=O)OCC#C. The number of carbonyl (C=O) groups excluding carboxylic acids is 2. The summed E-state index contributed by atoms with van der Waals surface area (Å²) in [6, 6.07) is 7.23. The lowest BCUT2D eigenvalue weighted by Gasteiger charge is -2.15. The topological polar surface area (TPSA) is 96.0 Å². The molecule has 1 aromatic rings. The molecule has 0 saturated heterocycles. The zero-order valence-electron chi connectivity index (χ0n) is 13.2. The fraction of sp³-hybridized carbons (Fsp3) is 0.294. The molecular formula is C17H16O7S. The number of hydrogen-bond acceptors (Lipinski definition) is 7. The van der Waals surface area contributed by atoms with Crippen LogP contribution < -0.4 is 0 Å². The van der Waals surface area contributed by atoms with E-state index in [1.807, 2.05) is 0 Å². The Morgan fingerprint density at radius 1 is 1.04 bits per heavy atom. The fourth-order valence-electron chi connectivity index (χ4n) is 1.65. The molecule has 0 N–H and O–H groups in total. The van der Waals surface area contributed by atoms with Crippen molar-refractivity contribution in [2.24, 2.45) is 0 Å². The van der Waals surface area contributed by atoms with Crippen LogP contribution in [0.3, 0.4) is 0 Å². The Morgan fingerprint density at radius 3 is 2.24 bits per heavy atom. The van der Waals surface area contributed by atoms with Crippen LogP contribution in [0.1, 0.15) is 12.8 Å². The molecule has 8 heteroatoms. The summed E-state index contributed by atoms with van der Waals surface area (Å²) in [5.74, 6) is 2.49. The predicted molar refractivity (Wildman–Crippen MR) is 87.3 cm³/mol. The summed E-state index contributed by atoms with van der Waals surface area (Å²) >= 11 is 0. The molecule has 1 rings (SSSR count). The molecule has 25 heavy (non-hydrogen) atoms. The number of esters is 2. The molecule has 1 unspecified atom stereocenters. The zero-order valence-corrected chi connectivity index (χ0v) is 14.0. The van der Waals surface area contributed by atoms with Crippen LogP contribution in [0, 0.1) is 24.7 Å². The van der Waals surface area contributed by atoms with Crippen molar-refractivity contribution in [3.05, 3.63) is 30.3 Å². The number of terminal acetylenes is 2. The maximum atomic E-state index is 12.2. The highest BCUT2D eigenvalue weighted by atomic mass is 32.2. The molecule has 7 nitrogen and oxygen atoms in total. The number of carbonyl (C=O) groups is 2. The van der Waals surface area contributed by atoms with Crippen molar-refractivity contribution in [3.63, 3.8) is 0 Å². The summed E-state index contributed by atoms with van der Waals surface area (Å²) in [6.07, 6.45) is 7.84. The van der Waals surface area contributed by atoms with Gasteiger partial charge in [0.25, 0.3) is 10.1 Å². The smallest absolute Gasteiger partial charge is 0.337 e. The number of hydrogen-bond donors (Lipinski definition) is 0. The minimum Gasteiger partial charge on any atom is -0.452 e.